The summed E-state index contributed by atoms with van der Waals surface area (Å²) in [6.07, 6.45) is 0.644. The zero-order valence-electron chi connectivity index (χ0n) is 15.5. The van der Waals surface area contributed by atoms with Gasteiger partial charge in [0.15, 0.2) is 0 Å². The van der Waals surface area contributed by atoms with E-state index in [1.54, 1.807) is 24.3 Å². The Morgan fingerprint density at radius 3 is 2.45 bits per heavy atom. The number of hydrogen-bond acceptors (Lipinski definition) is 7. The van der Waals surface area contributed by atoms with Gasteiger partial charge >= 0.3 is 5.97 Å². The minimum Gasteiger partial charge on any atom is -0.478 e. The number of nitrogens with zero attached hydrogens (tertiary/aromatic N) is 1. The number of aromatic carboxylic acids is 1. The quantitative estimate of drug-likeness (QED) is 0.513. The van der Waals surface area contributed by atoms with Gasteiger partial charge < -0.3 is 15.7 Å². The summed E-state index contributed by atoms with van der Waals surface area (Å²) >= 11 is 7.19. The van der Waals surface area contributed by atoms with Gasteiger partial charge in [-0.2, -0.15) is 0 Å². The molecule has 1 aliphatic heterocycles. The molecule has 0 fully saturated rings. The molecule has 0 spiro atoms. The smallest absolute Gasteiger partial charge is 0.339 e. The van der Waals surface area contributed by atoms with Crippen molar-refractivity contribution in [2.24, 2.45) is 0 Å². The molecule has 0 amide bonds. The summed E-state index contributed by atoms with van der Waals surface area (Å²) in [5.41, 5.74) is 0.490. The van der Waals surface area contributed by atoms with Crippen molar-refractivity contribution in [3.8, 4) is 0 Å². The number of hydrogen-bond donors (Lipinski definition) is 3. The number of anilines is 4. The van der Waals surface area contributed by atoms with Crippen molar-refractivity contribution in [2.75, 3.05) is 23.7 Å². The van der Waals surface area contributed by atoms with E-state index in [4.69, 9.17) is 11.6 Å². The fourth-order valence-electron chi connectivity index (χ4n) is 3.46. The van der Waals surface area contributed by atoms with Crippen LogP contribution in [0.4, 0.5) is 22.1 Å². The Labute approximate surface area is 175 Å². The molecule has 7 nitrogen and oxygen atoms in total. The van der Waals surface area contributed by atoms with Gasteiger partial charge in [-0.3, -0.25) is 14.5 Å². The van der Waals surface area contributed by atoms with Crippen LogP contribution in [0.3, 0.4) is 0 Å². The van der Waals surface area contributed by atoms with E-state index in [9.17, 15) is 19.5 Å². The Bertz CT molecular complexity index is 1160. The van der Waals surface area contributed by atoms with Gasteiger partial charge in [0.1, 0.15) is 16.4 Å². The number of fused-ring (bicyclic) bond motifs is 1. The number of carboxylic acid groups (broad SMARTS) is 1. The van der Waals surface area contributed by atoms with Crippen molar-refractivity contribution < 1.29 is 9.90 Å². The number of nitrogens with one attached hydrogen (secondary N) is 2. The van der Waals surface area contributed by atoms with Crippen LogP contribution in [0, 0.1) is 0 Å². The minimum atomic E-state index is -1.04. The molecule has 9 heteroatoms. The third-order valence-electron chi connectivity index (χ3n) is 5.06. The normalized spacial score (nSPS) is 14.0. The summed E-state index contributed by atoms with van der Waals surface area (Å²) in [6.45, 7) is 4.42. The molecule has 0 unspecified atom stereocenters. The van der Waals surface area contributed by atoms with Gasteiger partial charge in [-0.15, -0.1) is 11.3 Å². The summed E-state index contributed by atoms with van der Waals surface area (Å²) in [6, 6.07) is 6.71. The Kier molecular flexibility index (Phi) is 5.16. The number of halogens is 1. The number of rotatable bonds is 6. The van der Waals surface area contributed by atoms with Crippen molar-refractivity contribution in [2.45, 2.75) is 19.9 Å². The predicted molar refractivity (Wildman–Crippen MR) is 115 cm³/mol. The second-order valence-corrected chi connectivity index (χ2v) is 8.34. The largest absolute Gasteiger partial charge is 0.478 e. The van der Waals surface area contributed by atoms with Crippen molar-refractivity contribution in [1.82, 2.24) is 4.90 Å². The summed E-state index contributed by atoms with van der Waals surface area (Å²) in [5.74, 6) is -1.04. The van der Waals surface area contributed by atoms with Gasteiger partial charge in [-0.1, -0.05) is 18.5 Å². The van der Waals surface area contributed by atoms with Gasteiger partial charge in [-0.25, -0.2) is 4.79 Å². The molecule has 0 bridgehead atoms. The van der Waals surface area contributed by atoms with Crippen LogP contribution in [0.1, 0.15) is 27.7 Å². The molecule has 0 saturated heterocycles. The molecular formula is C20H18ClN3O4S. The maximum absolute atomic E-state index is 12.2. The average molecular weight is 432 g/mol. The molecule has 1 aromatic heterocycles. The van der Waals surface area contributed by atoms with Crippen LogP contribution in [-0.4, -0.2) is 29.1 Å². The Hall–Kier alpha value is -2.68. The van der Waals surface area contributed by atoms with Gasteiger partial charge in [0.05, 0.1) is 5.56 Å². The van der Waals surface area contributed by atoms with E-state index in [-0.39, 0.29) is 16.9 Å². The molecule has 1 aliphatic rings. The number of carboxylic acids is 1. The molecule has 3 N–H and O–H groups in total. The second-order valence-electron chi connectivity index (χ2n) is 6.80. The lowest BCUT2D eigenvalue weighted by Crippen LogP contribution is -2.35. The van der Waals surface area contributed by atoms with Gasteiger partial charge in [-0.05, 0) is 42.8 Å². The Balaban J connectivity index is 1.67. The second kappa shape index (κ2) is 7.62. The topological polar surface area (TPSA) is 98.7 Å². The molecule has 0 saturated carbocycles. The number of benzene rings is 1. The highest BCUT2D eigenvalue weighted by atomic mass is 35.5. The minimum absolute atomic E-state index is 0.0818. The van der Waals surface area contributed by atoms with E-state index in [2.05, 4.69) is 22.5 Å². The van der Waals surface area contributed by atoms with Crippen LogP contribution in [-0.2, 0) is 13.0 Å². The maximum atomic E-state index is 12.2. The third kappa shape index (κ3) is 3.55. The Morgan fingerprint density at radius 1 is 1.17 bits per heavy atom. The molecule has 4 rings (SSSR count). The van der Waals surface area contributed by atoms with Crippen LogP contribution in [0.15, 0.2) is 33.9 Å². The summed E-state index contributed by atoms with van der Waals surface area (Å²) in [7, 11) is 0. The molecule has 29 heavy (non-hydrogen) atoms. The molecule has 0 atom stereocenters. The number of thiophene rings is 1. The fraction of sp³-hybridized carbons (Fsp3) is 0.250. The monoisotopic (exact) mass is 431 g/mol. The van der Waals surface area contributed by atoms with E-state index in [0.717, 1.165) is 23.5 Å². The molecule has 150 valence electrons. The van der Waals surface area contributed by atoms with E-state index >= 15 is 0 Å². The van der Waals surface area contributed by atoms with Gasteiger partial charge in [0.2, 0.25) is 0 Å². The fourth-order valence-corrected chi connectivity index (χ4v) is 4.87. The van der Waals surface area contributed by atoms with Crippen molar-refractivity contribution in [3.63, 3.8) is 0 Å². The van der Waals surface area contributed by atoms with E-state index in [1.807, 2.05) is 0 Å². The first-order valence-electron chi connectivity index (χ1n) is 9.12. The van der Waals surface area contributed by atoms with E-state index < -0.39 is 16.8 Å². The van der Waals surface area contributed by atoms with Crippen LogP contribution in [0.25, 0.3) is 0 Å². The molecule has 2 aromatic carbocycles. The van der Waals surface area contributed by atoms with Gasteiger partial charge in [0, 0.05) is 28.7 Å². The standard InChI is InChI=1S/C20H18ClN3O4S/c1-2-24-8-7-12-13(9-24)29-19(14(12)20(27)28)23-16-15(17(25)18(16)26)22-11-5-3-10(21)4-6-11/h3-6,22-23H,2,7-9H2,1H3,(H,27,28). The van der Waals surface area contributed by atoms with Crippen molar-refractivity contribution in [3.05, 3.63) is 65.7 Å². The highest BCUT2D eigenvalue weighted by molar-refractivity contribution is 7.16. The molecule has 0 radical (unpaired) electrons. The predicted octanol–water partition coefficient (Wildman–Crippen LogP) is 3.56. The Morgan fingerprint density at radius 2 is 1.83 bits per heavy atom. The highest BCUT2D eigenvalue weighted by Crippen LogP contribution is 2.39. The third-order valence-corrected chi connectivity index (χ3v) is 6.44. The molecule has 3 aromatic rings. The lowest BCUT2D eigenvalue weighted by molar-refractivity contribution is 0.0696. The first kappa shape index (κ1) is 19.6. The zero-order chi connectivity index (χ0) is 20.7. The lowest BCUT2D eigenvalue weighted by atomic mass is 10.0. The van der Waals surface area contributed by atoms with Crippen LogP contribution < -0.4 is 21.5 Å². The lowest BCUT2D eigenvalue weighted by Gasteiger charge is -2.25. The highest BCUT2D eigenvalue weighted by Gasteiger charge is 2.30. The molecular weight excluding hydrogens is 414 g/mol. The van der Waals surface area contributed by atoms with Crippen molar-refractivity contribution >= 4 is 51.0 Å². The first-order chi connectivity index (χ1) is 13.9. The van der Waals surface area contributed by atoms with Gasteiger partial charge in [0.25, 0.3) is 10.9 Å². The number of likely N-dealkylation sites (N-methyl/N-ethyl adjacent to an activating group) is 1. The summed E-state index contributed by atoms with van der Waals surface area (Å²) in [4.78, 5) is 39.3. The van der Waals surface area contributed by atoms with Crippen LogP contribution in [0.2, 0.25) is 5.02 Å². The van der Waals surface area contributed by atoms with E-state index in [0.29, 0.717) is 28.7 Å². The maximum Gasteiger partial charge on any atom is 0.339 e. The summed E-state index contributed by atoms with van der Waals surface area (Å²) < 4.78 is 0. The average Bonchev–Trinajstić information content (AvgIpc) is 3.08. The molecule has 2 heterocycles. The molecule has 0 aliphatic carbocycles. The summed E-state index contributed by atoms with van der Waals surface area (Å²) in [5, 5.41) is 16.5. The van der Waals surface area contributed by atoms with Crippen LogP contribution in [0.5, 0.6) is 0 Å². The first-order valence-corrected chi connectivity index (χ1v) is 10.3. The van der Waals surface area contributed by atoms with E-state index in [1.165, 1.54) is 11.3 Å². The SMILES string of the molecule is CCN1CCc2c(sc(Nc3c(Nc4ccc(Cl)cc4)c(=O)c3=O)c2C(=O)O)C1. The van der Waals surface area contributed by atoms with Crippen LogP contribution >= 0.6 is 22.9 Å². The zero-order valence-corrected chi connectivity index (χ0v) is 17.1. The number of carbonyl (C=O) groups is 1. The van der Waals surface area contributed by atoms with Crippen molar-refractivity contribution in [1.29, 1.82) is 0 Å².